The summed E-state index contributed by atoms with van der Waals surface area (Å²) in [6.07, 6.45) is 2.91. The number of H-pyrrole nitrogens is 1. The Morgan fingerprint density at radius 1 is 1.37 bits per heavy atom. The summed E-state index contributed by atoms with van der Waals surface area (Å²) in [7, 11) is 1.39. The summed E-state index contributed by atoms with van der Waals surface area (Å²) < 4.78 is 10.4. The third kappa shape index (κ3) is 2.36. The molecule has 0 radical (unpaired) electrons. The molecular formula is C21H24N2O4. The zero-order valence-electron chi connectivity index (χ0n) is 15.6. The van der Waals surface area contributed by atoms with Gasteiger partial charge < -0.3 is 24.3 Å². The van der Waals surface area contributed by atoms with Crippen LogP contribution in [0.1, 0.15) is 30.6 Å². The van der Waals surface area contributed by atoms with Crippen LogP contribution in [0.4, 0.5) is 0 Å². The van der Waals surface area contributed by atoms with E-state index >= 15 is 0 Å². The molecule has 5 atom stereocenters. The number of aromatic amines is 1. The molecular weight excluding hydrogens is 344 g/mol. The van der Waals surface area contributed by atoms with E-state index in [4.69, 9.17) is 9.47 Å². The summed E-state index contributed by atoms with van der Waals surface area (Å²) in [4.78, 5) is 15.8. The van der Waals surface area contributed by atoms with E-state index in [0.717, 1.165) is 17.6 Å². The van der Waals surface area contributed by atoms with Gasteiger partial charge in [-0.1, -0.05) is 18.2 Å². The van der Waals surface area contributed by atoms with Gasteiger partial charge in [-0.05, 0) is 18.6 Å². The second-order valence-electron chi connectivity index (χ2n) is 8.10. The van der Waals surface area contributed by atoms with Crippen LogP contribution in [0.2, 0.25) is 0 Å². The number of benzene rings is 1. The molecule has 5 rings (SSSR count). The third-order valence-corrected chi connectivity index (χ3v) is 6.84. The molecule has 142 valence electrons. The molecule has 4 heterocycles. The van der Waals surface area contributed by atoms with E-state index in [9.17, 15) is 10.0 Å². The van der Waals surface area contributed by atoms with Crippen LogP contribution in [-0.2, 0) is 20.7 Å². The van der Waals surface area contributed by atoms with Gasteiger partial charge in [-0.25, -0.2) is 4.79 Å². The first kappa shape index (κ1) is 16.8. The van der Waals surface area contributed by atoms with Gasteiger partial charge in [0, 0.05) is 29.7 Å². The normalized spacial score (nSPS) is 34.7. The Balaban J connectivity index is 1.59. The van der Waals surface area contributed by atoms with Crippen molar-refractivity contribution in [2.24, 2.45) is 11.8 Å². The van der Waals surface area contributed by atoms with E-state index in [-0.39, 0.29) is 34.6 Å². The molecule has 1 aromatic carbocycles. The first-order chi connectivity index (χ1) is 13.0. The van der Waals surface area contributed by atoms with Crippen molar-refractivity contribution in [2.75, 3.05) is 20.2 Å². The molecule has 0 aliphatic carbocycles. The number of nitrogens with zero attached hydrogens (tertiary/aromatic N) is 1. The van der Waals surface area contributed by atoms with Crippen LogP contribution in [0.25, 0.3) is 10.9 Å². The van der Waals surface area contributed by atoms with Crippen LogP contribution in [0.5, 0.6) is 0 Å². The highest BCUT2D eigenvalue weighted by molar-refractivity contribution is 5.89. The number of esters is 1. The van der Waals surface area contributed by atoms with Gasteiger partial charge >= 0.3 is 5.97 Å². The molecule has 6 nitrogen and oxygen atoms in total. The van der Waals surface area contributed by atoms with Crippen molar-refractivity contribution in [1.82, 2.24) is 4.98 Å². The minimum Gasteiger partial charge on any atom is -0.632 e. The monoisotopic (exact) mass is 368 g/mol. The molecule has 0 unspecified atom stereocenters. The zero-order chi connectivity index (χ0) is 18.8. The van der Waals surface area contributed by atoms with E-state index in [0.29, 0.717) is 25.1 Å². The Labute approximate surface area is 157 Å². The van der Waals surface area contributed by atoms with Crippen LogP contribution in [0, 0.1) is 17.0 Å². The van der Waals surface area contributed by atoms with Gasteiger partial charge in [-0.15, -0.1) is 0 Å². The number of fused-ring (bicyclic) bond motifs is 6. The standard InChI is InChI=1S/C21H24N2O4/c1-12-16-10-23(25)8-7-14-13-5-3-4-6-18(13)22-20(14)19(23)9-15(16)17(11-27-12)21(24)26-2/h3-6,11-12,15-16,19,22H,7-10H2,1-2H3/t12-,15-,16+,19-,23+/m0/s1. The number of carbonyl (C=O) groups excluding carboxylic acids is 1. The number of hydroxylamine groups is 3. The molecule has 0 bridgehead atoms. The SMILES string of the molecule is COC(=O)C1=CO[C@@H](C)[C@H]2C[N@+]3([O-])CCc4c([nH]c5ccccc45)[C@@H]3C[C@H]12. The number of para-hydroxylation sites is 1. The highest BCUT2D eigenvalue weighted by Crippen LogP contribution is 2.51. The number of carbonyl (C=O) groups is 1. The minimum absolute atomic E-state index is 0.0104. The summed E-state index contributed by atoms with van der Waals surface area (Å²) in [5.41, 5.74) is 3.97. The highest BCUT2D eigenvalue weighted by atomic mass is 16.6. The molecule has 0 amide bonds. The molecule has 6 heteroatoms. The fourth-order valence-electron chi connectivity index (χ4n) is 5.41. The van der Waals surface area contributed by atoms with Gasteiger partial charge in [0.2, 0.25) is 0 Å². The van der Waals surface area contributed by atoms with E-state index < -0.39 is 0 Å². The van der Waals surface area contributed by atoms with E-state index in [2.05, 4.69) is 17.1 Å². The second-order valence-corrected chi connectivity index (χ2v) is 8.10. The fourth-order valence-corrected chi connectivity index (χ4v) is 5.41. The number of quaternary nitrogens is 1. The van der Waals surface area contributed by atoms with Gasteiger partial charge in [0.05, 0.1) is 43.6 Å². The maximum atomic E-state index is 13.8. The van der Waals surface area contributed by atoms with Crippen molar-refractivity contribution >= 4 is 16.9 Å². The Morgan fingerprint density at radius 3 is 3.00 bits per heavy atom. The summed E-state index contributed by atoms with van der Waals surface area (Å²) in [5, 5.41) is 15.0. The Kier molecular flexibility index (Phi) is 3.64. The lowest BCUT2D eigenvalue weighted by molar-refractivity contribution is -0.924. The fraction of sp³-hybridized carbons (Fsp3) is 0.476. The van der Waals surface area contributed by atoms with Crippen molar-refractivity contribution in [2.45, 2.75) is 31.9 Å². The first-order valence-electron chi connectivity index (χ1n) is 9.63. The smallest absolute Gasteiger partial charge is 0.337 e. The Bertz CT molecular complexity index is 949. The number of ether oxygens (including phenoxy) is 2. The van der Waals surface area contributed by atoms with Gasteiger partial charge in [0.25, 0.3) is 0 Å². The molecule has 1 saturated heterocycles. The average molecular weight is 368 g/mol. The van der Waals surface area contributed by atoms with E-state index in [1.54, 1.807) is 6.26 Å². The van der Waals surface area contributed by atoms with Crippen molar-refractivity contribution in [3.05, 3.63) is 52.6 Å². The molecule has 0 spiro atoms. The lowest BCUT2D eigenvalue weighted by Crippen LogP contribution is -2.60. The number of hydrogen-bond acceptors (Lipinski definition) is 4. The van der Waals surface area contributed by atoms with Crippen LogP contribution >= 0.6 is 0 Å². The predicted octanol–water partition coefficient (Wildman–Crippen LogP) is 3.19. The number of methoxy groups -OCH3 is 1. The molecule has 3 aliphatic heterocycles. The van der Waals surface area contributed by atoms with Gasteiger partial charge in [-0.2, -0.15) is 0 Å². The van der Waals surface area contributed by atoms with Crippen LogP contribution in [-0.4, -0.2) is 41.9 Å². The largest absolute Gasteiger partial charge is 0.632 e. The average Bonchev–Trinajstić information content (AvgIpc) is 3.05. The lowest BCUT2D eigenvalue weighted by atomic mass is 9.72. The van der Waals surface area contributed by atoms with Crippen LogP contribution in [0.3, 0.4) is 0 Å². The number of nitrogens with one attached hydrogen (secondary N) is 1. The van der Waals surface area contributed by atoms with Crippen molar-refractivity contribution < 1.29 is 18.9 Å². The summed E-state index contributed by atoms with van der Waals surface area (Å²) >= 11 is 0. The number of aromatic nitrogens is 1. The molecule has 27 heavy (non-hydrogen) atoms. The van der Waals surface area contributed by atoms with Crippen molar-refractivity contribution in [3.63, 3.8) is 0 Å². The molecule has 1 N–H and O–H groups in total. The van der Waals surface area contributed by atoms with Gasteiger partial charge in [0.1, 0.15) is 12.1 Å². The summed E-state index contributed by atoms with van der Waals surface area (Å²) in [5.74, 6) is -0.331. The molecule has 1 fully saturated rings. The lowest BCUT2D eigenvalue weighted by Gasteiger charge is -2.58. The number of hydrogen-bond donors (Lipinski definition) is 1. The number of rotatable bonds is 1. The summed E-state index contributed by atoms with van der Waals surface area (Å²) in [6.45, 7) is 3.04. The maximum Gasteiger partial charge on any atom is 0.337 e. The molecule has 1 aromatic heterocycles. The zero-order valence-corrected chi connectivity index (χ0v) is 15.6. The van der Waals surface area contributed by atoms with Crippen molar-refractivity contribution in [1.29, 1.82) is 0 Å². The van der Waals surface area contributed by atoms with E-state index in [1.807, 2.05) is 19.1 Å². The van der Waals surface area contributed by atoms with Crippen LogP contribution < -0.4 is 0 Å². The third-order valence-electron chi connectivity index (χ3n) is 6.84. The molecule has 0 saturated carbocycles. The second kappa shape index (κ2) is 5.84. The Morgan fingerprint density at radius 2 is 2.19 bits per heavy atom. The minimum atomic E-state index is -0.351. The van der Waals surface area contributed by atoms with Gasteiger partial charge in [-0.3, -0.25) is 0 Å². The first-order valence-corrected chi connectivity index (χ1v) is 9.63. The quantitative estimate of drug-likeness (QED) is 0.477. The van der Waals surface area contributed by atoms with Gasteiger partial charge in [0.15, 0.2) is 0 Å². The highest BCUT2D eigenvalue weighted by Gasteiger charge is 2.52. The topological polar surface area (TPSA) is 74.4 Å². The summed E-state index contributed by atoms with van der Waals surface area (Å²) in [6, 6.07) is 8.06. The number of piperidine rings is 1. The van der Waals surface area contributed by atoms with Crippen LogP contribution in [0.15, 0.2) is 36.1 Å². The maximum absolute atomic E-state index is 13.8. The molecule has 3 aliphatic rings. The predicted molar refractivity (Wildman–Crippen MR) is 100 cm³/mol. The Hall–Kier alpha value is -2.31. The van der Waals surface area contributed by atoms with E-state index in [1.165, 1.54) is 18.1 Å². The molecule has 2 aromatic rings. The van der Waals surface area contributed by atoms with Crippen molar-refractivity contribution in [3.8, 4) is 0 Å².